The second-order valence-corrected chi connectivity index (χ2v) is 11.4. The molecular formula is C30H37N5O4. The molecule has 2 aromatic heterocycles. The minimum atomic E-state index is -0.0294. The van der Waals surface area contributed by atoms with Gasteiger partial charge in [-0.15, -0.1) is 0 Å². The lowest BCUT2D eigenvalue weighted by Crippen LogP contribution is -2.49. The van der Waals surface area contributed by atoms with Crippen molar-refractivity contribution in [1.82, 2.24) is 19.4 Å². The zero-order chi connectivity index (χ0) is 27.1. The van der Waals surface area contributed by atoms with Gasteiger partial charge in [-0.3, -0.25) is 9.69 Å². The third kappa shape index (κ3) is 5.02. The van der Waals surface area contributed by atoms with Crippen LogP contribution in [0.3, 0.4) is 0 Å². The fraction of sp³-hybridized carbons (Fsp3) is 0.500. The predicted octanol–water partition coefficient (Wildman–Crippen LogP) is 4.53. The van der Waals surface area contributed by atoms with E-state index in [1.807, 2.05) is 50.9 Å². The molecule has 1 unspecified atom stereocenters. The smallest absolute Gasteiger partial charge is 0.324 e. The van der Waals surface area contributed by atoms with Gasteiger partial charge in [0.05, 0.1) is 13.7 Å². The van der Waals surface area contributed by atoms with Crippen molar-refractivity contribution in [1.29, 1.82) is 0 Å². The highest BCUT2D eigenvalue weighted by molar-refractivity contribution is 5.93. The van der Waals surface area contributed by atoms with Crippen molar-refractivity contribution in [2.45, 2.75) is 45.2 Å². The van der Waals surface area contributed by atoms with Crippen molar-refractivity contribution in [3.05, 3.63) is 48.3 Å². The van der Waals surface area contributed by atoms with Crippen molar-refractivity contribution in [2.75, 3.05) is 45.8 Å². The Hall–Kier alpha value is -3.75. The number of hydrogen-bond acceptors (Lipinski definition) is 5. The van der Waals surface area contributed by atoms with Crippen LogP contribution in [0.4, 0.5) is 10.5 Å². The molecule has 3 aliphatic rings. The van der Waals surface area contributed by atoms with Crippen LogP contribution in [0.15, 0.2) is 42.7 Å². The number of likely N-dealkylation sites (N-methyl/N-ethyl adjacent to an activating group) is 1. The summed E-state index contributed by atoms with van der Waals surface area (Å²) in [4.78, 5) is 35.7. The molecule has 0 bridgehead atoms. The number of urea groups is 1. The van der Waals surface area contributed by atoms with Gasteiger partial charge in [0.1, 0.15) is 12.2 Å². The lowest BCUT2D eigenvalue weighted by molar-refractivity contribution is -0.129. The molecule has 206 valence electrons. The van der Waals surface area contributed by atoms with Crippen LogP contribution in [0.5, 0.6) is 11.5 Å². The molecule has 3 fully saturated rings. The summed E-state index contributed by atoms with van der Waals surface area (Å²) in [6.45, 7) is 2.71. The van der Waals surface area contributed by atoms with Crippen LogP contribution in [0, 0.1) is 11.3 Å². The van der Waals surface area contributed by atoms with Gasteiger partial charge in [0.25, 0.3) is 0 Å². The zero-order valence-electron chi connectivity index (χ0n) is 23.1. The monoisotopic (exact) mass is 531 g/mol. The third-order valence-electron chi connectivity index (χ3n) is 8.66. The van der Waals surface area contributed by atoms with Gasteiger partial charge in [-0.05, 0) is 73.3 Å². The molecule has 1 aromatic carbocycles. The molecule has 3 amide bonds. The Morgan fingerprint density at radius 3 is 2.74 bits per heavy atom. The van der Waals surface area contributed by atoms with Crippen molar-refractivity contribution < 1.29 is 19.1 Å². The topological polar surface area (TPSA) is 80.1 Å². The molecule has 1 aliphatic heterocycles. The maximum absolute atomic E-state index is 13.7. The molecule has 0 N–H and O–H groups in total. The number of fused-ring (bicyclic) bond motifs is 1. The Morgan fingerprint density at radius 2 is 2.00 bits per heavy atom. The Morgan fingerprint density at radius 1 is 1.15 bits per heavy atom. The van der Waals surface area contributed by atoms with Gasteiger partial charge in [-0.2, -0.15) is 0 Å². The normalized spacial score (nSPS) is 19.5. The van der Waals surface area contributed by atoms with Crippen molar-refractivity contribution >= 4 is 28.7 Å². The number of benzene rings is 1. The molecule has 3 aromatic rings. The van der Waals surface area contributed by atoms with E-state index in [0.29, 0.717) is 43.2 Å². The second-order valence-electron chi connectivity index (χ2n) is 11.4. The fourth-order valence-electron chi connectivity index (χ4n) is 5.94. The zero-order valence-corrected chi connectivity index (χ0v) is 23.1. The molecule has 1 atom stereocenters. The molecule has 1 spiro atoms. The van der Waals surface area contributed by atoms with Crippen molar-refractivity contribution in [3.63, 3.8) is 0 Å². The van der Waals surface area contributed by atoms with E-state index < -0.39 is 0 Å². The number of carbonyl (C=O) groups is 2. The summed E-state index contributed by atoms with van der Waals surface area (Å²) < 4.78 is 13.6. The van der Waals surface area contributed by atoms with Gasteiger partial charge in [0.2, 0.25) is 5.91 Å². The molecule has 2 aliphatic carbocycles. The number of methoxy groups -OCH3 is 1. The number of aromatic nitrogens is 2. The molecule has 0 radical (unpaired) electrons. The standard InChI is InChI=1S/C30H37N5O4/c1-32(2)27(36)20-33-15-8-24-21(7-12-31-28(24)33)19-34-13-4-14-35(29(34)37)23-5-6-25(38-3)26(17-23)39-16-9-22-18-30(22)10-11-30/h5-8,12,15,17,22H,4,9-11,13-14,16,18-20H2,1-3H3. The Bertz CT molecular complexity index is 1400. The second kappa shape index (κ2) is 10.1. The summed E-state index contributed by atoms with van der Waals surface area (Å²) in [5.41, 5.74) is 3.25. The maximum atomic E-state index is 13.7. The van der Waals surface area contributed by atoms with E-state index in [1.165, 1.54) is 19.3 Å². The van der Waals surface area contributed by atoms with E-state index >= 15 is 0 Å². The van der Waals surface area contributed by atoms with E-state index in [1.54, 1.807) is 32.3 Å². The highest BCUT2D eigenvalue weighted by Crippen LogP contribution is 2.71. The van der Waals surface area contributed by atoms with Gasteiger partial charge in [-0.25, -0.2) is 9.78 Å². The highest BCUT2D eigenvalue weighted by atomic mass is 16.5. The molecule has 1 saturated heterocycles. The Balaban J connectivity index is 1.16. The average Bonchev–Trinajstić information content (AvgIpc) is 3.82. The van der Waals surface area contributed by atoms with Crippen molar-refractivity contribution in [2.24, 2.45) is 11.3 Å². The first-order chi connectivity index (χ1) is 18.9. The van der Waals surface area contributed by atoms with Gasteiger partial charge >= 0.3 is 6.03 Å². The summed E-state index contributed by atoms with van der Waals surface area (Å²) >= 11 is 0. The molecule has 9 nitrogen and oxygen atoms in total. The van der Waals surface area contributed by atoms with E-state index in [-0.39, 0.29) is 18.5 Å². The first kappa shape index (κ1) is 25.5. The molecule has 6 rings (SSSR count). The molecule has 39 heavy (non-hydrogen) atoms. The van der Waals surface area contributed by atoms with E-state index in [9.17, 15) is 9.59 Å². The molecule has 3 heterocycles. The lowest BCUT2D eigenvalue weighted by Gasteiger charge is -2.36. The minimum absolute atomic E-state index is 0.00348. The van der Waals surface area contributed by atoms with Crippen LogP contribution < -0.4 is 14.4 Å². The number of carbonyl (C=O) groups excluding carboxylic acids is 2. The summed E-state index contributed by atoms with van der Waals surface area (Å²) in [5.74, 6) is 2.20. The van der Waals surface area contributed by atoms with Crippen LogP contribution in [0.25, 0.3) is 11.0 Å². The van der Waals surface area contributed by atoms with Gasteiger partial charge in [0, 0.05) is 63.3 Å². The van der Waals surface area contributed by atoms with Gasteiger partial charge in [-0.1, -0.05) is 0 Å². The first-order valence-electron chi connectivity index (χ1n) is 13.9. The van der Waals surface area contributed by atoms with Crippen LogP contribution in [0.1, 0.15) is 37.7 Å². The number of amides is 3. The Kier molecular flexibility index (Phi) is 6.61. The van der Waals surface area contributed by atoms with E-state index in [4.69, 9.17) is 9.47 Å². The third-order valence-corrected chi connectivity index (χ3v) is 8.66. The number of anilines is 1. The number of hydrogen-bond donors (Lipinski definition) is 0. The van der Waals surface area contributed by atoms with Gasteiger partial charge < -0.3 is 23.8 Å². The fourth-order valence-corrected chi connectivity index (χ4v) is 5.94. The predicted molar refractivity (Wildman–Crippen MR) is 149 cm³/mol. The number of ether oxygens (including phenoxy) is 2. The highest BCUT2D eigenvalue weighted by Gasteiger charge is 2.61. The summed E-state index contributed by atoms with van der Waals surface area (Å²) in [6.07, 6.45) is 9.71. The summed E-state index contributed by atoms with van der Waals surface area (Å²) in [5, 5.41) is 0.956. The molecular weight excluding hydrogens is 494 g/mol. The summed E-state index contributed by atoms with van der Waals surface area (Å²) in [7, 11) is 5.14. The number of nitrogens with zero attached hydrogens (tertiary/aromatic N) is 5. The molecule has 2 saturated carbocycles. The van der Waals surface area contributed by atoms with Gasteiger partial charge in [0.15, 0.2) is 11.5 Å². The lowest BCUT2D eigenvalue weighted by atomic mass is 10.1. The molecule has 9 heteroatoms. The van der Waals surface area contributed by atoms with Crippen LogP contribution in [-0.4, -0.2) is 72.2 Å². The van der Waals surface area contributed by atoms with Crippen LogP contribution in [0.2, 0.25) is 0 Å². The SMILES string of the molecule is COc1ccc(N2CCCN(Cc3ccnc4c3ccn4CC(=O)N(C)C)C2=O)cc1OCCC1CC12CC2. The average molecular weight is 532 g/mol. The van der Waals surface area contributed by atoms with E-state index in [0.717, 1.165) is 41.0 Å². The summed E-state index contributed by atoms with van der Waals surface area (Å²) in [6, 6.07) is 9.66. The Labute approximate surface area is 229 Å². The van der Waals surface area contributed by atoms with Crippen LogP contribution >= 0.6 is 0 Å². The minimum Gasteiger partial charge on any atom is -0.493 e. The first-order valence-corrected chi connectivity index (χ1v) is 13.9. The largest absolute Gasteiger partial charge is 0.493 e. The number of pyridine rings is 1. The van der Waals surface area contributed by atoms with Crippen molar-refractivity contribution in [3.8, 4) is 11.5 Å². The van der Waals surface area contributed by atoms with E-state index in [2.05, 4.69) is 4.98 Å². The van der Waals surface area contributed by atoms with Crippen LogP contribution in [-0.2, 0) is 17.9 Å². The maximum Gasteiger partial charge on any atom is 0.324 e. The quantitative estimate of drug-likeness (QED) is 0.384. The number of rotatable bonds is 10.